The molecule has 0 radical (unpaired) electrons. The molecule has 144 valence electrons. The maximum Gasteiger partial charge on any atom is 0.233 e. The molecule has 2 fully saturated rings. The molecule has 0 unspecified atom stereocenters. The molecular formula is C18H22N4O3S2. The van der Waals surface area contributed by atoms with Gasteiger partial charge in [0.25, 0.3) is 0 Å². The highest BCUT2D eigenvalue weighted by molar-refractivity contribution is 7.99. The van der Waals surface area contributed by atoms with Crippen LogP contribution < -0.4 is 0 Å². The van der Waals surface area contributed by atoms with Crippen LogP contribution in [0.4, 0.5) is 0 Å². The summed E-state index contributed by atoms with van der Waals surface area (Å²) >= 11 is 1.35. The Bertz CT molecular complexity index is 939. The molecule has 0 bridgehead atoms. The number of nitrogens with zero attached hydrogens (tertiary/aromatic N) is 4. The Morgan fingerprint density at radius 3 is 2.59 bits per heavy atom. The zero-order valence-corrected chi connectivity index (χ0v) is 16.7. The van der Waals surface area contributed by atoms with Gasteiger partial charge in [0.05, 0.1) is 17.3 Å². The fraction of sp³-hybridized carbons (Fsp3) is 0.500. The average Bonchev–Trinajstić information content (AvgIpc) is 3.32. The molecular weight excluding hydrogens is 384 g/mol. The molecule has 1 aromatic heterocycles. The molecule has 9 heteroatoms. The van der Waals surface area contributed by atoms with E-state index < -0.39 is 9.84 Å². The van der Waals surface area contributed by atoms with E-state index in [1.165, 1.54) is 11.8 Å². The first-order valence-corrected chi connectivity index (χ1v) is 11.8. The highest BCUT2D eigenvalue weighted by Gasteiger charge is 2.33. The molecule has 1 aromatic carbocycles. The van der Waals surface area contributed by atoms with Crippen LogP contribution in [0.15, 0.2) is 35.5 Å². The third kappa shape index (κ3) is 4.03. The number of para-hydroxylation sites is 1. The first-order chi connectivity index (χ1) is 12.9. The van der Waals surface area contributed by atoms with Crippen molar-refractivity contribution in [3.8, 4) is 5.69 Å². The number of hydrogen-bond acceptors (Lipinski definition) is 6. The number of benzene rings is 1. The van der Waals surface area contributed by atoms with Gasteiger partial charge in [-0.3, -0.25) is 9.36 Å². The molecule has 2 aliphatic rings. The van der Waals surface area contributed by atoms with Gasteiger partial charge in [-0.2, -0.15) is 0 Å². The second-order valence-electron chi connectivity index (χ2n) is 7.14. The van der Waals surface area contributed by atoms with E-state index >= 15 is 0 Å². The van der Waals surface area contributed by atoms with E-state index in [1.54, 1.807) is 11.9 Å². The Balaban J connectivity index is 1.48. The largest absolute Gasteiger partial charge is 0.341 e. The minimum Gasteiger partial charge on any atom is -0.341 e. The van der Waals surface area contributed by atoms with Crippen molar-refractivity contribution in [2.45, 2.75) is 36.4 Å². The van der Waals surface area contributed by atoms with E-state index in [1.807, 2.05) is 34.9 Å². The Labute approximate surface area is 163 Å². The molecule has 1 saturated carbocycles. The van der Waals surface area contributed by atoms with Crippen LogP contribution in [-0.4, -0.2) is 64.3 Å². The number of thioether (sulfide) groups is 1. The van der Waals surface area contributed by atoms with Crippen LogP contribution in [0, 0.1) is 0 Å². The van der Waals surface area contributed by atoms with Gasteiger partial charge in [-0.05, 0) is 31.4 Å². The SMILES string of the molecule is CN(C(=O)CSc1nnc(C2CC2)n1-c1ccccc1)[C@H]1CCS(=O)(=O)C1. The van der Waals surface area contributed by atoms with Gasteiger partial charge < -0.3 is 4.90 Å². The predicted octanol–water partition coefficient (Wildman–Crippen LogP) is 1.88. The molecule has 7 nitrogen and oxygen atoms in total. The van der Waals surface area contributed by atoms with Gasteiger partial charge in [-0.15, -0.1) is 10.2 Å². The standard InChI is InChI=1S/C18H22N4O3S2/c1-21(15-9-10-27(24,25)12-15)16(23)11-26-18-20-19-17(13-7-8-13)22(18)14-5-3-2-4-6-14/h2-6,13,15H,7-12H2,1H3/t15-/m0/s1. The molecule has 0 N–H and O–H groups in total. The van der Waals surface area contributed by atoms with Crippen LogP contribution in [0.2, 0.25) is 0 Å². The van der Waals surface area contributed by atoms with Crippen LogP contribution in [-0.2, 0) is 14.6 Å². The zero-order valence-electron chi connectivity index (χ0n) is 15.1. The summed E-state index contributed by atoms with van der Waals surface area (Å²) in [5.74, 6) is 1.74. The number of carbonyl (C=O) groups is 1. The van der Waals surface area contributed by atoms with Crippen LogP contribution in [0.3, 0.4) is 0 Å². The van der Waals surface area contributed by atoms with Crippen LogP contribution in [0.5, 0.6) is 0 Å². The molecule has 1 saturated heterocycles. The van der Waals surface area contributed by atoms with Gasteiger partial charge in [0, 0.05) is 24.7 Å². The van der Waals surface area contributed by atoms with Crippen molar-refractivity contribution in [2.24, 2.45) is 0 Å². The molecule has 0 spiro atoms. The first-order valence-electron chi connectivity index (χ1n) is 9.04. The van der Waals surface area contributed by atoms with E-state index in [9.17, 15) is 13.2 Å². The van der Waals surface area contributed by atoms with Gasteiger partial charge in [0.15, 0.2) is 15.0 Å². The van der Waals surface area contributed by atoms with Crippen molar-refractivity contribution in [1.82, 2.24) is 19.7 Å². The topological polar surface area (TPSA) is 85.2 Å². The predicted molar refractivity (Wildman–Crippen MR) is 104 cm³/mol. The van der Waals surface area contributed by atoms with Crippen LogP contribution in [0.25, 0.3) is 5.69 Å². The zero-order chi connectivity index (χ0) is 19.0. The minimum absolute atomic E-state index is 0.0614. The van der Waals surface area contributed by atoms with E-state index in [2.05, 4.69) is 10.2 Å². The minimum atomic E-state index is -3.01. The van der Waals surface area contributed by atoms with Gasteiger partial charge >= 0.3 is 0 Å². The van der Waals surface area contributed by atoms with Crippen LogP contribution >= 0.6 is 11.8 Å². The van der Waals surface area contributed by atoms with E-state index in [0.717, 1.165) is 24.4 Å². The van der Waals surface area contributed by atoms with Gasteiger partial charge in [-0.25, -0.2) is 8.42 Å². The smallest absolute Gasteiger partial charge is 0.233 e. The molecule has 4 rings (SSSR count). The number of carbonyl (C=O) groups excluding carboxylic acids is 1. The summed E-state index contributed by atoms with van der Waals surface area (Å²) in [6, 6.07) is 9.70. The third-order valence-corrected chi connectivity index (χ3v) is 7.75. The van der Waals surface area contributed by atoms with Crippen molar-refractivity contribution in [3.63, 3.8) is 0 Å². The second-order valence-corrected chi connectivity index (χ2v) is 10.3. The highest BCUT2D eigenvalue weighted by Crippen LogP contribution is 2.41. The Kier molecular flexibility index (Phi) is 4.98. The lowest BCUT2D eigenvalue weighted by Crippen LogP contribution is -2.38. The Morgan fingerprint density at radius 2 is 1.96 bits per heavy atom. The maximum atomic E-state index is 12.6. The molecule has 27 heavy (non-hydrogen) atoms. The monoisotopic (exact) mass is 406 g/mol. The fourth-order valence-electron chi connectivity index (χ4n) is 3.31. The van der Waals surface area contributed by atoms with E-state index in [0.29, 0.717) is 17.5 Å². The van der Waals surface area contributed by atoms with E-state index in [-0.39, 0.29) is 29.2 Å². The summed E-state index contributed by atoms with van der Waals surface area (Å²) in [7, 11) is -1.32. The number of hydrogen-bond donors (Lipinski definition) is 0. The lowest BCUT2D eigenvalue weighted by molar-refractivity contribution is -0.128. The van der Waals surface area contributed by atoms with Crippen molar-refractivity contribution in [1.29, 1.82) is 0 Å². The molecule has 1 aliphatic carbocycles. The molecule has 1 atom stereocenters. The quantitative estimate of drug-likeness (QED) is 0.681. The molecule has 2 aromatic rings. The second kappa shape index (κ2) is 7.27. The average molecular weight is 407 g/mol. The van der Waals surface area contributed by atoms with Crippen molar-refractivity contribution >= 4 is 27.5 Å². The Morgan fingerprint density at radius 1 is 1.22 bits per heavy atom. The van der Waals surface area contributed by atoms with Crippen LogP contribution in [0.1, 0.15) is 31.0 Å². The number of sulfone groups is 1. The maximum absolute atomic E-state index is 12.6. The van der Waals surface area contributed by atoms with Gasteiger partial charge in [0.2, 0.25) is 5.91 Å². The summed E-state index contributed by atoms with van der Waals surface area (Å²) < 4.78 is 25.4. The van der Waals surface area contributed by atoms with E-state index in [4.69, 9.17) is 0 Å². The molecule has 2 heterocycles. The van der Waals surface area contributed by atoms with Gasteiger partial charge in [0.1, 0.15) is 5.82 Å². The Hall–Kier alpha value is -1.87. The summed E-state index contributed by atoms with van der Waals surface area (Å²) in [6.07, 6.45) is 2.75. The lowest BCUT2D eigenvalue weighted by Gasteiger charge is -2.23. The third-order valence-electron chi connectivity index (χ3n) is 5.09. The number of aromatic nitrogens is 3. The number of rotatable bonds is 6. The molecule has 1 aliphatic heterocycles. The lowest BCUT2D eigenvalue weighted by atomic mass is 10.2. The highest BCUT2D eigenvalue weighted by atomic mass is 32.2. The van der Waals surface area contributed by atoms with Gasteiger partial charge in [-0.1, -0.05) is 30.0 Å². The molecule has 1 amide bonds. The van der Waals surface area contributed by atoms with Crippen molar-refractivity contribution < 1.29 is 13.2 Å². The summed E-state index contributed by atoms with van der Waals surface area (Å²) in [5, 5.41) is 9.37. The number of amides is 1. The fourth-order valence-corrected chi connectivity index (χ4v) is 5.97. The van der Waals surface area contributed by atoms with Crippen molar-refractivity contribution in [2.75, 3.05) is 24.3 Å². The van der Waals surface area contributed by atoms with Crippen molar-refractivity contribution in [3.05, 3.63) is 36.2 Å². The summed E-state index contributed by atoms with van der Waals surface area (Å²) in [5.41, 5.74) is 0.995. The normalized spacial score (nSPS) is 21.3. The summed E-state index contributed by atoms with van der Waals surface area (Å²) in [6.45, 7) is 0. The summed E-state index contributed by atoms with van der Waals surface area (Å²) in [4.78, 5) is 14.1. The first kappa shape index (κ1) is 18.5.